The normalized spacial score (nSPS) is 10.4. The number of aldehydes is 2. The summed E-state index contributed by atoms with van der Waals surface area (Å²) in [6.07, 6.45) is -0.153. The van der Waals surface area contributed by atoms with Crippen molar-refractivity contribution in [1.82, 2.24) is 0 Å². The number of Topliss-reactive ketones (excluding diaryl/α,β-unsaturated/α-hetero) is 1. The van der Waals surface area contributed by atoms with Crippen molar-refractivity contribution in [1.29, 1.82) is 0 Å². The van der Waals surface area contributed by atoms with Crippen LogP contribution in [0.2, 0.25) is 0 Å². The number of aromatic hydroxyl groups is 1. The molecule has 0 unspecified atom stereocenters. The second kappa shape index (κ2) is 4.77. The Labute approximate surface area is 92.7 Å². The van der Waals surface area contributed by atoms with E-state index in [-0.39, 0.29) is 18.6 Å². The van der Waals surface area contributed by atoms with Gasteiger partial charge in [-0.1, -0.05) is 0 Å². The van der Waals surface area contributed by atoms with Crippen molar-refractivity contribution in [2.45, 2.75) is 0 Å². The van der Waals surface area contributed by atoms with Crippen molar-refractivity contribution in [2.24, 2.45) is 5.92 Å². The van der Waals surface area contributed by atoms with Gasteiger partial charge < -0.3 is 14.7 Å². The lowest BCUT2D eigenvalue weighted by Gasteiger charge is -2.06. The van der Waals surface area contributed by atoms with Crippen LogP contribution in [0.4, 0.5) is 13.2 Å². The number of ketones is 1. The van der Waals surface area contributed by atoms with E-state index >= 15 is 0 Å². The van der Waals surface area contributed by atoms with E-state index in [1.54, 1.807) is 0 Å². The van der Waals surface area contributed by atoms with E-state index < -0.39 is 40.5 Å². The monoisotopic (exact) mass is 246 g/mol. The molecule has 90 valence electrons. The molecule has 0 spiro atoms. The number of hydrogen-bond acceptors (Lipinski definition) is 4. The molecule has 0 fully saturated rings. The topological polar surface area (TPSA) is 71.4 Å². The average Bonchev–Trinajstić information content (AvgIpc) is 2.32. The maximum Gasteiger partial charge on any atom is 0.203 e. The van der Waals surface area contributed by atoms with Crippen molar-refractivity contribution >= 4 is 18.4 Å². The molecule has 0 aliphatic heterocycles. The molecule has 1 aromatic carbocycles. The van der Waals surface area contributed by atoms with Crippen LogP contribution in [0.3, 0.4) is 0 Å². The van der Waals surface area contributed by atoms with Crippen molar-refractivity contribution in [3.63, 3.8) is 0 Å². The van der Waals surface area contributed by atoms with Crippen LogP contribution in [0.1, 0.15) is 10.4 Å². The van der Waals surface area contributed by atoms with Crippen LogP contribution in [0.5, 0.6) is 5.75 Å². The standard InChI is InChI=1S/C10H5F3O4/c11-6-1-5(7(12)10(17)8(6)13)9(16)4(2-14)3-15/h1-4,17H. The molecule has 4 nitrogen and oxygen atoms in total. The summed E-state index contributed by atoms with van der Waals surface area (Å²) in [4.78, 5) is 31.9. The third-order valence-electron chi connectivity index (χ3n) is 1.99. The van der Waals surface area contributed by atoms with Crippen LogP contribution in [0.25, 0.3) is 0 Å². The first-order chi connectivity index (χ1) is 7.93. The minimum Gasteiger partial charge on any atom is -0.503 e. The second-order valence-electron chi connectivity index (χ2n) is 3.04. The van der Waals surface area contributed by atoms with Gasteiger partial charge in [0.1, 0.15) is 18.5 Å². The Kier molecular flexibility index (Phi) is 3.62. The summed E-state index contributed by atoms with van der Waals surface area (Å²) in [6, 6.07) is 0.173. The Bertz CT molecular complexity index is 491. The van der Waals surface area contributed by atoms with Gasteiger partial charge in [-0.25, -0.2) is 8.78 Å². The number of phenols is 1. The Hall–Kier alpha value is -2.18. The fourth-order valence-corrected chi connectivity index (χ4v) is 1.10. The highest BCUT2D eigenvalue weighted by Gasteiger charge is 2.27. The zero-order chi connectivity index (χ0) is 13.2. The molecule has 0 amide bonds. The van der Waals surface area contributed by atoms with Gasteiger partial charge in [0.15, 0.2) is 23.2 Å². The lowest BCUT2D eigenvalue weighted by Crippen LogP contribution is -2.19. The molecule has 0 bridgehead atoms. The Morgan fingerprint density at radius 3 is 2.18 bits per heavy atom. The number of phenolic OH excluding ortho intramolecular Hbond substituents is 1. The largest absolute Gasteiger partial charge is 0.503 e. The summed E-state index contributed by atoms with van der Waals surface area (Å²) in [5.74, 6) is -10.1. The number of carbonyl (C=O) groups excluding carboxylic acids is 3. The molecule has 1 rings (SSSR count). The van der Waals surface area contributed by atoms with E-state index in [1.165, 1.54) is 0 Å². The van der Waals surface area contributed by atoms with Crippen LogP contribution >= 0.6 is 0 Å². The quantitative estimate of drug-likeness (QED) is 0.372. The smallest absolute Gasteiger partial charge is 0.203 e. The maximum atomic E-state index is 13.2. The molecule has 0 aliphatic carbocycles. The predicted octanol–water partition coefficient (Wildman–Crippen LogP) is 1.01. The molecule has 7 heteroatoms. The first kappa shape index (κ1) is 12.9. The minimum atomic E-state index is -1.85. The van der Waals surface area contributed by atoms with Gasteiger partial charge in [0.05, 0.1) is 5.56 Å². The van der Waals surface area contributed by atoms with E-state index in [2.05, 4.69) is 0 Å². The summed E-state index contributed by atoms with van der Waals surface area (Å²) < 4.78 is 38.7. The molecule has 0 aromatic heterocycles. The van der Waals surface area contributed by atoms with Gasteiger partial charge in [0.25, 0.3) is 0 Å². The first-order valence-electron chi connectivity index (χ1n) is 4.25. The van der Waals surface area contributed by atoms with Crippen LogP contribution in [-0.2, 0) is 9.59 Å². The van der Waals surface area contributed by atoms with Gasteiger partial charge in [0.2, 0.25) is 5.82 Å². The van der Waals surface area contributed by atoms with E-state index in [0.717, 1.165) is 0 Å². The van der Waals surface area contributed by atoms with Crippen LogP contribution < -0.4 is 0 Å². The Morgan fingerprint density at radius 2 is 1.71 bits per heavy atom. The summed E-state index contributed by atoms with van der Waals surface area (Å²) in [5.41, 5.74) is -1.06. The highest BCUT2D eigenvalue weighted by molar-refractivity contribution is 6.14. The van der Waals surface area contributed by atoms with Crippen molar-refractivity contribution in [3.8, 4) is 5.75 Å². The molecular weight excluding hydrogens is 241 g/mol. The van der Waals surface area contributed by atoms with E-state index in [1.807, 2.05) is 0 Å². The molecule has 0 radical (unpaired) electrons. The van der Waals surface area contributed by atoms with Gasteiger partial charge in [-0.2, -0.15) is 4.39 Å². The summed E-state index contributed by atoms with van der Waals surface area (Å²) in [7, 11) is 0. The summed E-state index contributed by atoms with van der Waals surface area (Å²) >= 11 is 0. The minimum absolute atomic E-state index is 0.0763. The zero-order valence-corrected chi connectivity index (χ0v) is 8.12. The van der Waals surface area contributed by atoms with E-state index in [9.17, 15) is 27.6 Å². The van der Waals surface area contributed by atoms with Crippen molar-refractivity contribution in [3.05, 3.63) is 29.1 Å². The zero-order valence-electron chi connectivity index (χ0n) is 8.12. The number of hydrogen-bond donors (Lipinski definition) is 1. The second-order valence-corrected chi connectivity index (χ2v) is 3.04. The van der Waals surface area contributed by atoms with Crippen LogP contribution in [-0.4, -0.2) is 23.5 Å². The molecule has 0 heterocycles. The molecular formula is C10H5F3O4. The van der Waals surface area contributed by atoms with Gasteiger partial charge >= 0.3 is 0 Å². The fraction of sp³-hybridized carbons (Fsp3) is 0.100. The molecule has 0 atom stereocenters. The lowest BCUT2D eigenvalue weighted by molar-refractivity contribution is -0.117. The number of carbonyl (C=O) groups is 3. The van der Waals surface area contributed by atoms with Gasteiger partial charge in [-0.3, -0.25) is 4.79 Å². The number of benzene rings is 1. The molecule has 0 saturated carbocycles. The van der Waals surface area contributed by atoms with E-state index in [4.69, 9.17) is 5.11 Å². The van der Waals surface area contributed by atoms with Crippen LogP contribution in [0.15, 0.2) is 6.07 Å². The molecule has 0 aliphatic rings. The predicted molar refractivity (Wildman–Crippen MR) is 47.9 cm³/mol. The molecule has 1 aromatic rings. The summed E-state index contributed by atoms with van der Waals surface area (Å²) in [5, 5.41) is 8.83. The highest BCUT2D eigenvalue weighted by Crippen LogP contribution is 2.26. The molecule has 0 saturated heterocycles. The average molecular weight is 246 g/mol. The molecule has 17 heavy (non-hydrogen) atoms. The first-order valence-corrected chi connectivity index (χ1v) is 4.25. The lowest BCUT2D eigenvalue weighted by atomic mass is 9.99. The number of halogens is 3. The molecule has 1 N–H and O–H groups in total. The Morgan fingerprint density at radius 1 is 1.18 bits per heavy atom. The maximum absolute atomic E-state index is 13.2. The SMILES string of the molecule is O=CC(C=O)C(=O)c1cc(F)c(F)c(O)c1F. The van der Waals surface area contributed by atoms with Crippen LogP contribution in [0, 0.1) is 23.4 Å². The van der Waals surface area contributed by atoms with E-state index in [0.29, 0.717) is 0 Å². The highest BCUT2D eigenvalue weighted by atomic mass is 19.2. The third kappa shape index (κ3) is 2.17. The van der Waals surface area contributed by atoms with Gasteiger partial charge in [-0.05, 0) is 6.07 Å². The van der Waals surface area contributed by atoms with Crippen molar-refractivity contribution < 1.29 is 32.7 Å². The van der Waals surface area contributed by atoms with Gasteiger partial charge in [-0.15, -0.1) is 0 Å². The van der Waals surface area contributed by atoms with Crippen molar-refractivity contribution in [2.75, 3.05) is 0 Å². The fourth-order valence-electron chi connectivity index (χ4n) is 1.10. The third-order valence-corrected chi connectivity index (χ3v) is 1.99. The summed E-state index contributed by atoms with van der Waals surface area (Å²) in [6.45, 7) is 0. The number of rotatable bonds is 4. The van der Waals surface area contributed by atoms with Gasteiger partial charge in [0, 0.05) is 0 Å². The Balaban J connectivity index is 3.37.